The third-order valence-corrected chi connectivity index (χ3v) is 8.15. The summed E-state index contributed by atoms with van der Waals surface area (Å²) < 4.78 is 10.4. The van der Waals surface area contributed by atoms with E-state index in [0.29, 0.717) is 12.8 Å². The molecule has 1 atom stereocenters. The van der Waals surface area contributed by atoms with Gasteiger partial charge in [0.25, 0.3) is 0 Å². The van der Waals surface area contributed by atoms with Crippen molar-refractivity contribution in [2.75, 3.05) is 13.2 Å². The lowest BCUT2D eigenvalue weighted by Crippen LogP contribution is -2.28. The Kier molecular flexibility index (Phi) is 32.5. The molecule has 5 nitrogen and oxygen atoms in total. The van der Waals surface area contributed by atoms with Crippen molar-refractivity contribution in [1.82, 2.24) is 0 Å². The number of aliphatic hydroxyl groups excluding tert-OH is 1. The van der Waals surface area contributed by atoms with Crippen LogP contribution in [0.1, 0.15) is 200 Å². The first kappa shape index (κ1) is 39.9. The Bertz CT molecular complexity index is 550. The molecule has 0 aromatic carbocycles. The second-order valence-corrected chi connectivity index (χ2v) is 12.3. The van der Waals surface area contributed by atoms with Crippen molar-refractivity contribution in [3.63, 3.8) is 0 Å². The number of unbranched alkanes of at least 4 members (excludes halogenated alkanes) is 25. The topological polar surface area (TPSA) is 72.8 Å². The van der Waals surface area contributed by atoms with Crippen molar-refractivity contribution in [3.8, 4) is 0 Å². The second-order valence-electron chi connectivity index (χ2n) is 12.3. The maximum Gasteiger partial charge on any atom is 0.306 e. The predicted molar refractivity (Wildman–Crippen MR) is 173 cm³/mol. The molecule has 0 spiro atoms. The number of aliphatic hydroxyl groups is 1. The van der Waals surface area contributed by atoms with Crippen LogP contribution in [-0.2, 0) is 19.1 Å². The van der Waals surface area contributed by atoms with Crippen LogP contribution < -0.4 is 0 Å². The zero-order valence-electron chi connectivity index (χ0n) is 27.6. The third kappa shape index (κ3) is 31.7. The number of carbonyl (C=O) groups excluding carboxylic acids is 2. The summed E-state index contributed by atoms with van der Waals surface area (Å²) in [6, 6.07) is 0. The van der Waals surface area contributed by atoms with Crippen molar-refractivity contribution >= 4 is 11.9 Å². The van der Waals surface area contributed by atoms with Gasteiger partial charge in [-0.3, -0.25) is 9.59 Å². The molecule has 0 bridgehead atoms. The maximum atomic E-state index is 12.0. The van der Waals surface area contributed by atoms with E-state index in [1.165, 1.54) is 128 Å². The van der Waals surface area contributed by atoms with Crippen molar-refractivity contribution in [3.05, 3.63) is 0 Å². The number of rotatable bonds is 33. The average Bonchev–Trinajstić information content (AvgIpc) is 2.97. The van der Waals surface area contributed by atoms with Crippen LogP contribution >= 0.6 is 0 Å². The molecule has 0 saturated carbocycles. The molecule has 0 aromatic rings. The summed E-state index contributed by atoms with van der Waals surface area (Å²) in [4.78, 5) is 23.8. The minimum atomic E-state index is -0.758. The first-order valence-corrected chi connectivity index (χ1v) is 18.1. The highest BCUT2D eigenvalue weighted by Gasteiger charge is 2.16. The summed E-state index contributed by atoms with van der Waals surface area (Å²) in [6.45, 7) is 4.03. The molecular formula is C36H70O5. The highest BCUT2D eigenvalue weighted by atomic mass is 16.6. The van der Waals surface area contributed by atoms with Crippen molar-refractivity contribution in [2.24, 2.45) is 0 Å². The summed E-state index contributed by atoms with van der Waals surface area (Å²) in [6.07, 6.45) is 35.1. The third-order valence-electron chi connectivity index (χ3n) is 8.15. The highest BCUT2D eigenvalue weighted by molar-refractivity contribution is 5.70. The van der Waals surface area contributed by atoms with Gasteiger partial charge in [-0.25, -0.2) is 0 Å². The fourth-order valence-corrected chi connectivity index (χ4v) is 5.38. The van der Waals surface area contributed by atoms with Crippen LogP contribution in [0.5, 0.6) is 0 Å². The Morgan fingerprint density at radius 2 is 0.756 bits per heavy atom. The van der Waals surface area contributed by atoms with Gasteiger partial charge in [-0.05, 0) is 12.8 Å². The molecule has 0 fully saturated rings. The van der Waals surface area contributed by atoms with E-state index in [9.17, 15) is 14.7 Å². The number of ether oxygens (including phenoxy) is 2. The van der Waals surface area contributed by atoms with Gasteiger partial charge >= 0.3 is 11.9 Å². The van der Waals surface area contributed by atoms with Crippen LogP contribution in [0, 0.1) is 0 Å². The molecule has 0 amide bonds. The summed E-state index contributed by atoms with van der Waals surface area (Å²) in [5.41, 5.74) is 0. The van der Waals surface area contributed by atoms with Gasteiger partial charge in [0.1, 0.15) is 6.61 Å². The molecule has 1 unspecified atom stereocenters. The SMILES string of the molecule is CCCCCCCCCCCCCCCCCCCCCCCCCC(=O)OC(CO)COC(=O)CCCCCC. The van der Waals surface area contributed by atoms with Crippen LogP contribution in [0.25, 0.3) is 0 Å². The zero-order chi connectivity index (χ0) is 30.1. The molecule has 0 rings (SSSR count). The van der Waals surface area contributed by atoms with E-state index in [0.717, 1.165) is 44.9 Å². The number of esters is 2. The van der Waals surface area contributed by atoms with E-state index < -0.39 is 6.10 Å². The Balaban J connectivity index is 3.36. The van der Waals surface area contributed by atoms with Crippen molar-refractivity contribution in [2.45, 2.75) is 206 Å². The van der Waals surface area contributed by atoms with Crippen molar-refractivity contribution in [1.29, 1.82) is 0 Å². The van der Waals surface area contributed by atoms with Gasteiger partial charge in [0.15, 0.2) is 6.10 Å². The van der Waals surface area contributed by atoms with Crippen LogP contribution in [0.15, 0.2) is 0 Å². The molecule has 0 aliphatic heterocycles. The molecule has 0 radical (unpaired) electrons. The van der Waals surface area contributed by atoms with Gasteiger partial charge in [-0.2, -0.15) is 0 Å². The fraction of sp³-hybridized carbons (Fsp3) is 0.944. The van der Waals surface area contributed by atoms with E-state index in [1.54, 1.807) is 0 Å². The first-order chi connectivity index (χ1) is 20.1. The van der Waals surface area contributed by atoms with E-state index in [2.05, 4.69) is 13.8 Å². The number of hydrogen-bond donors (Lipinski definition) is 1. The molecule has 244 valence electrons. The number of carbonyl (C=O) groups is 2. The van der Waals surface area contributed by atoms with Crippen LogP contribution in [-0.4, -0.2) is 36.4 Å². The molecule has 0 heterocycles. The molecule has 5 heteroatoms. The molecule has 41 heavy (non-hydrogen) atoms. The molecule has 1 N–H and O–H groups in total. The monoisotopic (exact) mass is 583 g/mol. The predicted octanol–water partition coefficient (Wildman–Crippen LogP) is 10.8. The quantitative estimate of drug-likeness (QED) is 0.0615. The lowest BCUT2D eigenvalue weighted by Gasteiger charge is -2.15. The maximum absolute atomic E-state index is 12.0. The van der Waals surface area contributed by atoms with Gasteiger partial charge < -0.3 is 14.6 Å². The van der Waals surface area contributed by atoms with E-state index in [4.69, 9.17) is 9.47 Å². The van der Waals surface area contributed by atoms with E-state index in [-0.39, 0.29) is 25.2 Å². The molecular weight excluding hydrogens is 512 g/mol. The number of hydrogen-bond acceptors (Lipinski definition) is 5. The van der Waals surface area contributed by atoms with Crippen LogP contribution in [0.2, 0.25) is 0 Å². The molecule has 0 aromatic heterocycles. The Hall–Kier alpha value is -1.10. The lowest BCUT2D eigenvalue weighted by atomic mass is 10.0. The zero-order valence-corrected chi connectivity index (χ0v) is 27.6. The molecule has 0 aliphatic rings. The summed E-state index contributed by atoms with van der Waals surface area (Å²) in [7, 11) is 0. The second kappa shape index (κ2) is 33.4. The van der Waals surface area contributed by atoms with Gasteiger partial charge in [0.05, 0.1) is 6.61 Å². The van der Waals surface area contributed by atoms with E-state index >= 15 is 0 Å². The van der Waals surface area contributed by atoms with Crippen LogP contribution in [0.3, 0.4) is 0 Å². The van der Waals surface area contributed by atoms with Gasteiger partial charge in [0, 0.05) is 12.8 Å². The van der Waals surface area contributed by atoms with Gasteiger partial charge in [-0.1, -0.05) is 174 Å². The average molecular weight is 583 g/mol. The van der Waals surface area contributed by atoms with Gasteiger partial charge in [0.2, 0.25) is 0 Å². The standard InChI is InChI=1S/C36H70O5/c1-3-5-7-9-10-11-12-13-14-15-16-17-18-19-20-21-22-23-24-25-26-27-29-31-36(39)41-34(32-37)33-40-35(38)30-28-8-6-4-2/h34,37H,3-33H2,1-2H3. The Labute approximate surface area is 255 Å². The minimum Gasteiger partial charge on any atom is -0.462 e. The minimum absolute atomic E-state index is 0.0613. The Morgan fingerprint density at radius 1 is 0.463 bits per heavy atom. The van der Waals surface area contributed by atoms with Gasteiger partial charge in [-0.15, -0.1) is 0 Å². The van der Waals surface area contributed by atoms with E-state index in [1.807, 2.05) is 0 Å². The summed E-state index contributed by atoms with van der Waals surface area (Å²) >= 11 is 0. The largest absolute Gasteiger partial charge is 0.462 e. The summed E-state index contributed by atoms with van der Waals surface area (Å²) in [5.74, 6) is -0.600. The molecule has 0 aliphatic carbocycles. The smallest absolute Gasteiger partial charge is 0.306 e. The normalized spacial score (nSPS) is 12.0. The molecule has 0 saturated heterocycles. The lowest BCUT2D eigenvalue weighted by molar-refractivity contribution is -0.161. The first-order valence-electron chi connectivity index (χ1n) is 18.1. The van der Waals surface area contributed by atoms with Crippen LogP contribution in [0.4, 0.5) is 0 Å². The van der Waals surface area contributed by atoms with Crippen molar-refractivity contribution < 1.29 is 24.2 Å². The fourth-order valence-electron chi connectivity index (χ4n) is 5.38. The highest BCUT2D eigenvalue weighted by Crippen LogP contribution is 2.16. The Morgan fingerprint density at radius 3 is 1.10 bits per heavy atom. The summed E-state index contributed by atoms with van der Waals surface area (Å²) in [5, 5.41) is 9.42.